The summed E-state index contributed by atoms with van der Waals surface area (Å²) in [5.41, 5.74) is 1.05. The lowest BCUT2D eigenvalue weighted by atomic mass is 10.1. The van der Waals surface area contributed by atoms with Crippen LogP contribution in [0.3, 0.4) is 0 Å². The predicted octanol–water partition coefficient (Wildman–Crippen LogP) is 1.86. The van der Waals surface area contributed by atoms with E-state index in [1.807, 2.05) is 43.3 Å². The van der Waals surface area contributed by atoms with Crippen LogP contribution in [0.25, 0.3) is 0 Å². The van der Waals surface area contributed by atoms with Gasteiger partial charge in [-0.3, -0.25) is 9.48 Å². The Kier molecular flexibility index (Phi) is 5.51. The first-order chi connectivity index (χ1) is 10.3. The molecular formula is C16H21N3O2. The zero-order valence-corrected chi connectivity index (χ0v) is 12.2. The number of carbonyl (C=O) groups excluding carboxylic acids is 1. The van der Waals surface area contributed by atoms with Crippen molar-refractivity contribution >= 4 is 5.91 Å². The van der Waals surface area contributed by atoms with E-state index in [1.54, 1.807) is 22.0 Å². The van der Waals surface area contributed by atoms with Gasteiger partial charge in [0.2, 0.25) is 5.91 Å². The zero-order valence-electron chi connectivity index (χ0n) is 12.2. The number of carbonyl (C=O) groups is 1. The van der Waals surface area contributed by atoms with E-state index in [1.165, 1.54) is 0 Å². The average molecular weight is 287 g/mol. The average Bonchev–Trinajstić information content (AvgIpc) is 3.02. The van der Waals surface area contributed by atoms with Crippen LogP contribution in [0, 0.1) is 0 Å². The molecule has 0 aliphatic carbocycles. The topological polar surface area (TPSA) is 58.4 Å². The van der Waals surface area contributed by atoms with Crippen molar-refractivity contribution in [3.63, 3.8) is 0 Å². The van der Waals surface area contributed by atoms with Gasteiger partial charge in [-0.15, -0.1) is 0 Å². The van der Waals surface area contributed by atoms with Crippen molar-refractivity contribution in [3.8, 4) is 0 Å². The summed E-state index contributed by atoms with van der Waals surface area (Å²) in [7, 11) is 0. The molecular weight excluding hydrogens is 266 g/mol. The van der Waals surface area contributed by atoms with Gasteiger partial charge in [0, 0.05) is 25.5 Å². The van der Waals surface area contributed by atoms with Crippen molar-refractivity contribution in [1.82, 2.24) is 14.7 Å². The highest BCUT2D eigenvalue weighted by atomic mass is 16.3. The molecule has 0 radical (unpaired) electrons. The molecule has 0 saturated heterocycles. The van der Waals surface area contributed by atoms with Crippen LogP contribution < -0.4 is 0 Å². The third kappa shape index (κ3) is 3.92. The van der Waals surface area contributed by atoms with Gasteiger partial charge in [-0.1, -0.05) is 37.3 Å². The van der Waals surface area contributed by atoms with E-state index in [4.69, 9.17) is 0 Å². The van der Waals surface area contributed by atoms with E-state index in [0.29, 0.717) is 19.5 Å². The molecule has 1 unspecified atom stereocenters. The molecule has 1 aromatic heterocycles. The van der Waals surface area contributed by atoms with Crippen LogP contribution in [-0.4, -0.2) is 38.8 Å². The number of hydrogen-bond donors (Lipinski definition) is 1. The van der Waals surface area contributed by atoms with Crippen molar-refractivity contribution in [2.24, 2.45) is 0 Å². The Hall–Kier alpha value is -2.14. The summed E-state index contributed by atoms with van der Waals surface area (Å²) < 4.78 is 1.68. The van der Waals surface area contributed by atoms with Gasteiger partial charge >= 0.3 is 0 Å². The molecule has 2 rings (SSSR count). The van der Waals surface area contributed by atoms with Crippen molar-refractivity contribution in [3.05, 3.63) is 54.4 Å². The first kappa shape index (κ1) is 15.3. The molecule has 0 bridgehead atoms. The first-order valence-electron chi connectivity index (χ1n) is 7.19. The van der Waals surface area contributed by atoms with E-state index < -0.39 is 0 Å². The number of nitrogens with zero attached hydrogens (tertiary/aromatic N) is 3. The SMILES string of the molecule is CCC(C(=O)N(CCO)Cc1ccccc1)n1cccn1. The summed E-state index contributed by atoms with van der Waals surface area (Å²) in [6.45, 7) is 2.74. The smallest absolute Gasteiger partial charge is 0.247 e. The molecule has 1 aromatic carbocycles. The molecule has 1 heterocycles. The van der Waals surface area contributed by atoms with Crippen molar-refractivity contribution in [1.29, 1.82) is 0 Å². The highest BCUT2D eigenvalue weighted by molar-refractivity contribution is 5.80. The van der Waals surface area contributed by atoms with E-state index in [0.717, 1.165) is 5.56 Å². The normalized spacial score (nSPS) is 12.1. The van der Waals surface area contributed by atoms with E-state index in [2.05, 4.69) is 5.10 Å². The van der Waals surface area contributed by atoms with E-state index in [-0.39, 0.29) is 18.6 Å². The molecule has 1 N–H and O–H groups in total. The zero-order chi connectivity index (χ0) is 15.1. The summed E-state index contributed by atoms with van der Waals surface area (Å²) in [5, 5.41) is 13.4. The molecule has 0 aliphatic rings. The van der Waals surface area contributed by atoms with Crippen molar-refractivity contribution < 1.29 is 9.90 Å². The molecule has 2 aromatic rings. The number of amides is 1. The number of aliphatic hydroxyl groups is 1. The van der Waals surface area contributed by atoms with Gasteiger partial charge in [0.25, 0.3) is 0 Å². The molecule has 1 atom stereocenters. The second-order valence-electron chi connectivity index (χ2n) is 4.88. The maximum absolute atomic E-state index is 12.7. The molecule has 5 nitrogen and oxygen atoms in total. The Morgan fingerprint density at radius 3 is 2.67 bits per heavy atom. The van der Waals surface area contributed by atoms with Crippen LogP contribution in [0.4, 0.5) is 0 Å². The minimum absolute atomic E-state index is 0.0147. The monoisotopic (exact) mass is 287 g/mol. The Labute approximate surface area is 124 Å². The maximum Gasteiger partial charge on any atom is 0.247 e. The third-order valence-electron chi connectivity index (χ3n) is 3.41. The van der Waals surface area contributed by atoms with Crippen LogP contribution in [0.2, 0.25) is 0 Å². The summed E-state index contributed by atoms with van der Waals surface area (Å²) in [6, 6.07) is 11.3. The first-order valence-corrected chi connectivity index (χ1v) is 7.19. The standard InChI is InChI=1S/C16H21N3O2/c1-2-15(19-10-6-9-17-19)16(21)18(11-12-20)13-14-7-4-3-5-8-14/h3-10,15,20H,2,11-13H2,1H3. The van der Waals surface area contributed by atoms with Crippen LogP contribution in [0.15, 0.2) is 48.8 Å². The largest absolute Gasteiger partial charge is 0.395 e. The fourth-order valence-electron chi connectivity index (χ4n) is 2.34. The van der Waals surface area contributed by atoms with Crippen LogP contribution >= 0.6 is 0 Å². The fourth-order valence-corrected chi connectivity index (χ4v) is 2.34. The highest BCUT2D eigenvalue weighted by Crippen LogP contribution is 2.16. The van der Waals surface area contributed by atoms with Gasteiger partial charge < -0.3 is 10.0 Å². The molecule has 5 heteroatoms. The van der Waals surface area contributed by atoms with Gasteiger partial charge in [-0.05, 0) is 18.1 Å². The highest BCUT2D eigenvalue weighted by Gasteiger charge is 2.24. The summed E-state index contributed by atoms with van der Waals surface area (Å²) in [6.07, 6.45) is 4.13. The second kappa shape index (κ2) is 7.59. The molecule has 21 heavy (non-hydrogen) atoms. The number of aromatic nitrogens is 2. The Morgan fingerprint density at radius 2 is 2.10 bits per heavy atom. The molecule has 0 fully saturated rings. The van der Waals surface area contributed by atoms with Gasteiger partial charge in [0.1, 0.15) is 6.04 Å². The minimum Gasteiger partial charge on any atom is -0.395 e. The van der Waals surface area contributed by atoms with Gasteiger partial charge in [-0.25, -0.2) is 0 Å². The van der Waals surface area contributed by atoms with Gasteiger partial charge in [0.05, 0.1) is 6.61 Å². The van der Waals surface area contributed by atoms with Crippen LogP contribution in [0.5, 0.6) is 0 Å². The fraction of sp³-hybridized carbons (Fsp3) is 0.375. The minimum atomic E-state index is -0.324. The Bertz CT molecular complexity index is 540. The summed E-state index contributed by atoms with van der Waals surface area (Å²) in [4.78, 5) is 14.4. The molecule has 0 aliphatic heterocycles. The molecule has 0 spiro atoms. The van der Waals surface area contributed by atoms with Crippen molar-refractivity contribution in [2.45, 2.75) is 25.9 Å². The third-order valence-corrected chi connectivity index (χ3v) is 3.41. The van der Waals surface area contributed by atoms with Gasteiger partial charge in [0.15, 0.2) is 0 Å². The van der Waals surface area contributed by atoms with Crippen molar-refractivity contribution in [2.75, 3.05) is 13.2 Å². The van der Waals surface area contributed by atoms with Crippen LogP contribution in [-0.2, 0) is 11.3 Å². The van der Waals surface area contributed by atoms with E-state index in [9.17, 15) is 9.90 Å². The van der Waals surface area contributed by atoms with E-state index >= 15 is 0 Å². The Morgan fingerprint density at radius 1 is 1.33 bits per heavy atom. The molecule has 1 amide bonds. The van der Waals surface area contributed by atoms with Crippen LogP contribution in [0.1, 0.15) is 24.9 Å². The number of aliphatic hydroxyl groups excluding tert-OH is 1. The quantitative estimate of drug-likeness (QED) is 0.845. The summed E-state index contributed by atoms with van der Waals surface area (Å²) >= 11 is 0. The predicted molar refractivity (Wildman–Crippen MR) is 80.5 cm³/mol. The molecule has 0 saturated carbocycles. The second-order valence-corrected chi connectivity index (χ2v) is 4.88. The lowest BCUT2D eigenvalue weighted by Crippen LogP contribution is -2.38. The number of benzene rings is 1. The Balaban J connectivity index is 2.14. The van der Waals surface area contributed by atoms with Gasteiger partial charge in [-0.2, -0.15) is 5.10 Å². The lowest BCUT2D eigenvalue weighted by molar-refractivity contribution is -0.136. The maximum atomic E-state index is 12.7. The lowest BCUT2D eigenvalue weighted by Gasteiger charge is -2.26. The molecule has 112 valence electrons. The number of rotatable bonds is 7. The summed E-state index contributed by atoms with van der Waals surface area (Å²) in [5.74, 6) is -0.0147. The number of hydrogen-bond acceptors (Lipinski definition) is 3.